The van der Waals surface area contributed by atoms with Crippen LogP contribution in [0.1, 0.15) is 18.6 Å². The maximum atomic E-state index is 9.24. The first-order valence-corrected chi connectivity index (χ1v) is 3.49. The summed E-state index contributed by atoms with van der Waals surface area (Å²) < 4.78 is 0. The molecule has 0 fully saturated rings. The van der Waals surface area contributed by atoms with Gasteiger partial charge in [0.15, 0.2) is 0 Å². The van der Waals surface area contributed by atoms with Gasteiger partial charge in [-0.2, -0.15) is 0 Å². The number of aliphatic hydroxyl groups is 1. The lowest BCUT2D eigenvalue weighted by atomic mass is 10.1. The minimum absolute atomic E-state index is 0.484. The number of nitrogen functional groups attached to an aromatic ring is 1. The van der Waals surface area contributed by atoms with Crippen LogP contribution in [0.15, 0.2) is 24.3 Å². The summed E-state index contributed by atoms with van der Waals surface area (Å²) in [5, 5.41) is 9.24. The molecule has 0 aliphatic heterocycles. The molecule has 0 aromatic heterocycles. The van der Waals surface area contributed by atoms with Gasteiger partial charge in [0.2, 0.25) is 0 Å². The molecule has 0 radical (unpaired) electrons. The summed E-state index contributed by atoms with van der Waals surface area (Å²) in [6, 6.07) is 7.38. The minimum atomic E-state index is -0.484. The second-order valence-corrected chi connectivity index (χ2v) is 2.41. The van der Waals surface area contributed by atoms with E-state index in [1.807, 2.05) is 24.3 Å². The Bertz CT molecular complexity index is 235. The number of benzene rings is 1. The van der Waals surface area contributed by atoms with E-state index in [0.717, 1.165) is 11.3 Å². The van der Waals surface area contributed by atoms with Gasteiger partial charge in [0.1, 0.15) is 0 Å². The molecule has 1 rings (SSSR count). The molecule has 4 N–H and O–H groups in total. The first kappa shape index (κ1) is 8.04. The van der Waals surface area contributed by atoms with Crippen molar-refractivity contribution in [3.63, 3.8) is 0 Å². The van der Waals surface area contributed by atoms with E-state index >= 15 is 0 Å². The van der Waals surface area contributed by atoms with E-state index in [1.54, 1.807) is 6.92 Å². The third-order valence-corrected chi connectivity index (χ3v) is 1.57. The Kier molecular flexibility index (Phi) is 2.46. The average Bonchev–Trinajstić information content (AvgIpc) is 2.04. The van der Waals surface area contributed by atoms with Crippen molar-refractivity contribution in [1.82, 2.24) is 0 Å². The van der Waals surface area contributed by atoms with Crippen molar-refractivity contribution in [2.24, 2.45) is 5.84 Å². The lowest BCUT2D eigenvalue weighted by Gasteiger charge is -2.09. The maximum Gasteiger partial charge on any atom is 0.0782 e. The van der Waals surface area contributed by atoms with Crippen LogP contribution in [0.3, 0.4) is 0 Å². The smallest absolute Gasteiger partial charge is 0.0782 e. The number of rotatable bonds is 2. The molecule has 1 atom stereocenters. The molecule has 1 unspecified atom stereocenters. The molecule has 1 aromatic carbocycles. The van der Waals surface area contributed by atoms with Gasteiger partial charge in [0, 0.05) is 5.56 Å². The first-order chi connectivity index (χ1) is 5.25. The highest BCUT2D eigenvalue weighted by molar-refractivity contribution is 5.50. The van der Waals surface area contributed by atoms with Crippen LogP contribution in [0.4, 0.5) is 5.69 Å². The molecule has 0 saturated carbocycles. The summed E-state index contributed by atoms with van der Waals surface area (Å²) >= 11 is 0. The molecule has 11 heavy (non-hydrogen) atoms. The fraction of sp³-hybridized carbons (Fsp3) is 0.250. The predicted molar refractivity (Wildman–Crippen MR) is 44.9 cm³/mol. The molecule has 0 aliphatic carbocycles. The van der Waals surface area contributed by atoms with Crippen LogP contribution in [0, 0.1) is 0 Å². The van der Waals surface area contributed by atoms with Gasteiger partial charge >= 0.3 is 0 Å². The number of nitrogens with one attached hydrogen (secondary N) is 1. The van der Waals surface area contributed by atoms with Crippen molar-refractivity contribution in [2.75, 3.05) is 5.43 Å². The third kappa shape index (κ3) is 1.69. The van der Waals surface area contributed by atoms with Gasteiger partial charge in [-0.1, -0.05) is 18.2 Å². The summed E-state index contributed by atoms with van der Waals surface area (Å²) in [6.45, 7) is 1.70. The zero-order valence-electron chi connectivity index (χ0n) is 6.41. The number of nitrogens with two attached hydrogens (primary N) is 1. The number of anilines is 1. The quantitative estimate of drug-likeness (QED) is 0.438. The lowest BCUT2D eigenvalue weighted by Crippen LogP contribution is -2.09. The van der Waals surface area contributed by atoms with E-state index < -0.39 is 6.10 Å². The van der Waals surface area contributed by atoms with Crippen LogP contribution < -0.4 is 11.3 Å². The Morgan fingerprint density at radius 2 is 2.09 bits per heavy atom. The van der Waals surface area contributed by atoms with Gasteiger partial charge in [0.25, 0.3) is 0 Å². The molecule has 0 aliphatic rings. The van der Waals surface area contributed by atoms with Crippen LogP contribution >= 0.6 is 0 Å². The first-order valence-electron chi connectivity index (χ1n) is 3.49. The standard InChI is InChI=1S/C8H12N2O/c1-6(11)7-4-2-3-5-8(7)10-9/h2-6,10-11H,9H2,1H3. The van der Waals surface area contributed by atoms with Crippen molar-refractivity contribution in [3.05, 3.63) is 29.8 Å². The topological polar surface area (TPSA) is 58.3 Å². The van der Waals surface area contributed by atoms with Crippen LogP contribution in [0.2, 0.25) is 0 Å². The van der Waals surface area contributed by atoms with Crippen molar-refractivity contribution in [2.45, 2.75) is 13.0 Å². The Balaban J connectivity index is 3.02. The Labute approximate surface area is 65.8 Å². The van der Waals surface area contributed by atoms with E-state index in [-0.39, 0.29) is 0 Å². The normalized spacial score (nSPS) is 12.6. The van der Waals surface area contributed by atoms with Crippen LogP contribution in [0.25, 0.3) is 0 Å². The molecule has 0 saturated heterocycles. The van der Waals surface area contributed by atoms with Gasteiger partial charge in [-0.3, -0.25) is 5.84 Å². The zero-order chi connectivity index (χ0) is 8.27. The largest absolute Gasteiger partial charge is 0.389 e. The van der Waals surface area contributed by atoms with E-state index in [9.17, 15) is 5.11 Å². The minimum Gasteiger partial charge on any atom is -0.389 e. The van der Waals surface area contributed by atoms with Gasteiger partial charge in [0.05, 0.1) is 11.8 Å². The summed E-state index contributed by atoms with van der Waals surface area (Å²) in [6.07, 6.45) is -0.484. The number of para-hydroxylation sites is 1. The summed E-state index contributed by atoms with van der Waals surface area (Å²) in [5.41, 5.74) is 4.10. The summed E-state index contributed by atoms with van der Waals surface area (Å²) in [5.74, 6) is 5.23. The highest BCUT2D eigenvalue weighted by Gasteiger charge is 2.04. The summed E-state index contributed by atoms with van der Waals surface area (Å²) in [4.78, 5) is 0. The number of hydrogen-bond donors (Lipinski definition) is 3. The highest BCUT2D eigenvalue weighted by atomic mass is 16.3. The molecule has 3 heteroatoms. The van der Waals surface area contributed by atoms with Gasteiger partial charge in [-0.25, -0.2) is 0 Å². The van der Waals surface area contributed by atoms with Gasteiger partial charge in [-0.15, -0.1) is 0 Å². The molecule has 0 heterocycles. The van der Waals surface area contributed by atoms with E-state index in [1.165, 1.54) is 0 Å². The lowest BCUT2D eigenvalue weighted by molar-refractivity contribution is 0.200. The van der Waals surface area contributed by atoms with Crippen LogP contribution in [-0.4, -0.2) is 5.11 Å². The average molecular weight is 152 g/mol. The Morgan fingerprint density at radius 3 is 2.55 bits per heavy atom. The maximum absolute atomic E-state index is 9.24. The van der Waals surface area contributed by atoms with Crippen molar-refractivity contribution in [3.8, 4) is 0 Å². The molecule has 60 valence electrons. The second kappa shape index (κ2) is 3.37. The number of hydrogen-bond acceptors (Lipinski definition) is 3. The van der Waals surface area contributed by atoms with E-state index in [2.05, 4.69) is 5.43 Å². The zero-order valence-corrected chi connectivity index (χ0v) is 6.41. The molecular weight excluding hydrogens is 140 g/mol. The monoisotopic (exact) mass is 152 g/mol. The van der Waals surface area contributed by atoms with Crippen molar-refractivity contribution in [1.29, 1.82) is 0 Å². The molecule has 1 aromatic rings. The summed E-state index contributed by atoms with van der Waals surface area (Å²) in [7, 11) is 0. The van der Waals surface area contributed by atoms with Gasteiger partial charge in [-0.05, 0) is 13.0 Å². The number of aliphatic hydroxyl groups excluding tert-OH is 1. The van der Waals surface area contributed by atoms with Gasteiger partial charge < -0.3 is 10.5 Å². The molecule has 0 bridgehead atoms. The fourth-order valence-electron chi connectivity index (χ4n) is 0.993. The Morgan fingerprint density at radius 1 is 1.45 bits per heavy atom. The van der Waals surface area contributed by atoms with Crippen molar-refractivity contribution >= 4 is 5.69 Å². The molecule has 3 nitrogen and oxygen atoms in total. The number of hydrazine groups is 1. The molecule has 0 amide bonds. The Hall–Kier alpha value is -1.06. The molecule has 0 spiro atoms. The van der Waals surface area contributed by atoms with Crippen LogP contribution in [0.5, 0.6) is 0 Å². The second-order valence-electron chi connectivity index (χ2n) is 2.41. The highest BCUT2D eigenvalue weighted by Crippen LogP contribution is 2.20. The van der Waals surface area contributed by atoms with Crippen LogP contribution in [-0.2, 0) is 0 Å². The third-order valence-electron chi connectivity index (χ3n) is 1.57. The fourth-order valence-corrected chi connectivity index (χ4v) is 0.993. The SMILES string of the molecule is CC(O)c1ccccc1NN. The van der Waals surface area contributed by atoms with Crippen molar-refractivity contribution < 1.29 is 5.11 Å². The molecular formula is C8H12N2O. The predicted octanol–water partition coefficient (Wildman–Crippen LogP) is 1.03. The van der Waals surface area contributed by atoms with E-state index in [0.29, 0.717) is 0 Å². The van der Waals surface area contributed by atoms with E-state index in [4.69, 9.17) is 5.84 Å².